The van der Waals surface area contributed by atoms with Crippen molar-refractivity contribution in [1.82, 2.24) is 0 Å². The molecule has 0 amide bonds. The quantitative estimate of drug-likeness (QED) is 0.437. The Balaban J connectivity index is 3.09. The van der Waals surface area contributed by atoms with Crippen LogP contribution in [0.5, 0.6) is 0 Å². The number of rotatable bonds is 4. The van der Waals surface area contributed by atoms with E-state index in [0.717, 1.165) is 5.18 Å². The molecule has 0 aromatic rings. The molecule has 0 aliphatic rings. The number of carbonyl (C=O) groups is 2. The fourth-order valence-corrected chi connectivity index (χ4v) is 0.986. The molecule has 1 atom stereocenters. The summed E-state index contributed by atoms with van der Waals surface area (Å²) in [4.78, 5) is 19.5. The van der Waals surface area contributed by atoms with Gasteiger partial charge < -0.3 is 0 Å². The van der Waals surface area contributed by atoms with Crippen molar-refractivity contribution < 1.29 is 9.59 Å². The Morgan fingerprint density at radius 3 is 2.62 bits per heavy atom. The molecule has 0 saturated heterocycles. The summed E-state index contributed by atoms with van der Waals surface area (Å²) in [7, 11) is 0. The third-order valence-corrected chi connectivity index (χ3v) is 2.03. The maximum absolute atomic E-state index is 9.78. The van der Waals surface area contributed by atoms with Crippen molar-refractivity contribution in [3.63, 3.8) is 0 Å². The molecule has 2 N–H and O–H groups in total. The van der Waals surface area contributed by atoms with Gasteiger partial charge in [-0.25, -0.2) is 0 Å². The van der Waals surface area contributed by atoms with Crippen LogP contribution in [0.15, 0.2) is 0 Å². The maximum atomic E-state index is 9.78. The minimum atomic E-state index is -0.430. The first-order valence-corrected chi connectivity index (χ1v) is 4.27. The van der Waals surface area contributed by atoms with Crippen LogP contribution >= 0.6 is 0 Å². The molecular formula is C4H7NO2Se. The van der Waals surface area contributed by atoms with Gasteiger partial charge in [-0.15, -0.1) is 0 Å². The van der Waals surface area contributed by atoms with Gasteiger partial charge in [0.1, 0.15) is 0 Å². The van der Waals surface area contributed by atoms with Crippen LogP contribution in [0.1, 0.15) is 0 Å². The SMILES string of the molecule is N[C@H](C=O)C[Se]C=O. The minimum absolute atomic E-state index is 0.0969. The molecule has 0 rings (SSSR count). The fraction of sp³-hybridized carbons (Fsp3) is 0.500. The average Bonchev–Trinajstić information content (AvgIpc) is 1.83. The van der Waals surface area contributed by atoms with Crippen LogP contribution < -0.4 is 5.73 Å². The normalized spacial score (nSPS) is 12.6. The molecule has 0 spiro atoms. The van der Waals surface area contributed by atoms with Crippen LogP contribution in [-0.2, 0) is 9.59 Å². The van der Waals surface area contributed by atoms with Crippen LogP contribution in [0.25, 0.3) is 0 Å². The molecule has 0 aliphatic carbocycles. The third-order valence-electron chi connectivity index (χ3n) is 0.532. The molecule has 0 bridgehead atoms. The van der Waals surface area contributed by atoms with E-state index >= 15 is 0 Å². The van der Waals surface area contributed by atoms with E-state index < -0.39 is 6.04 Å². The molecule has 0 fully saturated rings. The van der Waals surface area contributed by atoms with Crippen LogP contribution in [0.3, 0.4) is 0 Å². The van der Waals surface area contributed by atoms with Gasteiger partial charge in [0.15, 0.2) is 0 Å². The van der Waals surface area contributed by atoms with E-state index in [2.05, 4.69) is 0 Å². The number of carbonyl (C=O) groups excluding carboxylic acids is 2. The van der Waals surface area contributed by atoms with Gasteiger partial charge in [-0.3, -0.25) is 0 Å². The summed E-state index contributed by atoms with van der Waals surface area (Å²) < 4.78 is 0. The molecule has 0 unspecified atom stereocenters. The van der Waals surface area contributed by atoms with Gasteiger partial charge >= 0.3 is 53.1 Å². The Labute approximate surface area is 53.8 Å². The van der Waals surface area contributed by atoms with Gasteiger partial charge in [-0.1, -0.05) is 0 Å². The molecule has 0 saturated carbocycles. The molecule has 0 aromatic carbocycles. The number of nitrogens with two attached hydrogens (primary N) is 1. The molecule has 4 heteroatoms. The molecule has 3 nitrogen and oxygen atoms in total. The summed E-state index contributed by atoms with van der Waals surface area (Å²) in [6.07, 6.45) is 0.658. The van der Waals surface area contributed by atoms with Crippen molar-refractivity contribution in [3.8, 4) is 0 Å². The first-order valence-electron chi connectivity index (χ1n) is 2.07. The second kappa shape index (κ2) is 4.97. The van der Waals surface area contributed by atoms with Crippen molar-refractivity contribution >= 4 is 26.4 Å². The van der Waals surface area contributed by atoms with Crippen molar-refractivity contribution in [2.24, 2.45) is 5.73 Å². The van der Waals surface area contributed by atoms with Crippen LogP contribution in [0.2, 0.25) is 5.32 Å². The summed E-state index contributed by atoms with van der Waals surface area (Å²) in [6.45, 7) is 0. The van der Waals surface area contributed by atoms with Crippen LogP contribution in [0.4, 0.5) is 0 Å². The number of aldehydes is 1. The van der Waals surface area contributed by atoms with Crippen molar-refractivity contribution in [2.75, 3.05) is 0 Å². The molecule has 46 valence electrons. The van der Waals surface area contributed by atoms with Crippen LogP contribution in [0, 0.1) is 0 Å². The summed E-state index contributed by atoms with van der Waals surface area (Å²) in [5, 5.41) is 1.34. The van der Waals surface area contributed by atoms with E-state index in [0.29, 0.717) is 11.6 Å². The van der Waals surface area contributed by atoms with Gasteiger partial charge in [0, 0.05) is 0 Å². The first kappa shape index (κ1) is 7.82. The van der Waals surface area contributed by atoms with Gasteiger partial charge in [0.25, 0.3) is 0 Å². The van der Waals surface area contributed by atoms with Gasteiger partial charge in [0.05, 0.1) is 0 Å². The molecule has 8 heavy (non-hydrogen) atoms. The van der Waals surface area contributed by atoms with Crippen molar-refractivity contribution in [1.29, 1.82) is 0 Å². The van der Waals surface area contributed by atoms with E-state index in [-0.39, 0.29) is 15.0 Å². The Kier molecular flexibility index (Phi) is 4.85. The zero-order chi connectivity index (χ0) is 6.41. The summed E-state index contributed by atoms with van der Waals surface area (Å²) in [5.74, 6) is 0. The predicted molar refractivity (Wildman–Crippen MR) is 31.4 cm³/mol. The number of hydrogen-bond acceptors (Lipinski definition) is 3. The summed E-state index contributed by atoms with van der Waals surface area (Å²) >= 11 is -0.0969. The van der Waals surface area contributed by atoms with Crippen molar-refractivity contribution in [2.45, 2.75) is 11.4 Å². The van der Waals surface area contributed by atoms with E-state index in [1.165, 1.54) is 0 Å². The monoisotopic (exact) mass is 181 g/mol. The summed E-state index contributed by atoms with van der Waals surface area (Å²) in [5.41, 5.74) is 5.15. The van der Waals surface area contributed by atoms with E-state index in [1.807, 2.05) is 0 Å². The van der Waals surface area contributed by atoms with Gasteiger partial charge in [0.2, 0.25) is 0 Å². The standard InChI is InChI=1S/C4H7NO2Se/c5-4(1-6)2-8-3-7/h1,3-4H,2,5H2/t4-/m1/s1. The number of hydrogen-bond donors (Lipinski definition) is 1. The zero-order valence-corrected chi connectivity index (χ0v) is 5.95. The molecule has 0 aromatic heterocycles. The zero-order valence-electron chi connectivity index (χ0n) is 4.24. The second-order valence-corrected chi connectivity index (χ2v) is 3.03. The molecule has 0 radical (unpaired) electrons. The third kappa shape index (κ3) is 3.99. The average molecular weight is 180 g/mol. The van der Waals surface area contributed by atoms with Crippen molar-refractivity contribution in [3.05, 3.63) is 0 Å². The molecular weight excluding hydrogens is 173 g/mol. The van der Waals surface area contributed by atoms with E-state index in [9.17, 15) is 9.59 Å². The second-order valence-electron chi connectivity index (χ2n) is 1.23. The first-order chi connectivity index (χ1) is 3.81. The Morgan fingerprint density at radius 2 is 2.25 bits per heavy atom. The Bertz CT molecular complexity index is 86.1. The molecule has 0 aliphatic heterocycles. The molecule has 0 heterocycles. The van der Waals surface area contributed by atoms with Gasteiger partial charge in [-0.2, -0.15) is 0 Å². The summed E-state index contributed by atoms with van der Waals surface area (Å²) in [6, 6.07) is -0.430. The fourth-order valence-electron chi connectivity index (χ4n) is 0.190. The Hall–Kier alpha value is -0.181. The van der Waals surface area contributed by atoms with E-state index in [4.69, 9.17) is 5.73 Å². The van der Waals surface area contributed by atoms with Gasteiger partial charge in [-0.05, 0) is 0 Å². The Morgan fingerprint density at radius 1 is 1.62 bits per heavy atom. The topological polar surface area (TPSA) is 60.2 Å². The van der Waals surface area contributed by atoms with Crippen LogP contribution in [-0.4, -0.2) is 32.5 Å². The predicted octanol–water partition coefficient (Wildman–Crippen LogP) is -1.17. The van der Waals surface area contributed by atoms with E-state index in [1.54, 1.807) is 0 Å².